The fraction of sp³-hybridized carbons (Fsp3) is 0.136. The van der Waals surface area contributed by atoms with Crippen LogP contribution in [0.1, 0.15) is 15.2 Å². The zero-order valence-electron chi connectivity index (χ0n) is 17.6. The molecular formula is C22H20N6O3S2. The number of hydrogen-bond acceptors (Lipinski definition) is 8. The summed E-state index contributed by atoms with van der Waals surface area (Å²) in [6.07, 6.45) is 0. The summed E-state index contributed by atoms with van der Waals surface area (Å²) < 4.78 is 6.78. The lowest BCUT2D eigenvalue weighted by molar-refractivity contribution is -0.113. The fourth-order valence-electron chi connectivity index (χ4n) is 2.86. The van der Waals surface area contributed by atoms with Crippen molar-refractivity contribution >= 4 is 46.3 Å². The minimum Gasteiger partial charge on any atom is -0.497 e. The normalized spacial score (nSPS) is 10.6. The third-order valence-corrected chi connectivity index (χ3v) is 6.31. The summed E-state index contributed by atoms with van der Waals surface area (Å²) >= 11 is 2.88. The summed E-state index contributed by atoms with van der Waals surface area (Å²) in [6.45, 7) is 0.564. The number of aromatic nitrogens is 4. The molecule has 2 heterocycles. The van der Waals surface area contributed by atoms with Crippen LogP contribution in [-0.4, -0.2) is 44.9 Å². The van der Waals surface area contributed by atoms with Crippen molar-refractivity contribution < 1.29 is 14.3 Å². The van der Waals surface area contributed by atoms with Crippen molar-refractivity contribution in [2.24, 2.45) is 0 Å². The molecule has 4 rings (SSSR count). The molecule has 4 aromatic rings. The highest BCUT2D eigenvalue weighted by Crippen LogP contribution is 2.19. The molecule has 2 aromatic heterocycles. The van der Waals surface area contributed by atoms with Gasteiger partial charge in [0.1, 0.15) is 5.75 Å². The van der Waals surface area contributed by atoms with Crippen LogP contribution in [0.4, 0.5) is 11.4 Å². The molecule has 9 nitrogen and oxygen atoms in total. The number of benzene rings is 2. The van der Waals surface area contributed by atoms with Crippen molar-refractivity contribution in [2.75, 3.05) is 23.5 Å². The van der Waals surface area contributed by atoms with Crippen LogP contribution < -0.4 is 15.4 Å². The minimum atomic E-state index is -0.244. The first kappa shape index (κ1) is 22.5. The highest BCUT2D eigenvalue weighted by molar-refractivity contribution is 7.99. The van der Waals surface area contributed by atoms with E-state index < -0.39 is 0 Å². The van der Waals surface area contributed by atoms with Crippen molar-refractivity contribution in [2.45, 2.75) is 11.7 Å². The van der Waals surface area contributed by atoms with E-state index in [2.05, 4.69) is 26.2 Å². The Hall–Kier alpha value is -3.70. The van der Waals surface area contributed by atoms with Gasteiger partial charge in [0.25, 0.3) is 5.91 Å². The third kappa shape index (κ3) is 6.18. The molecule has 168 valence electrons. The van der Waals surface area contributed by atoms with E-state index in [1.54, 1.807) is 71.7 Å². The maximum atomic E-state index is 12.4. The molecular weight excluding hydrogens is 460 g/mol. The molecule has 0 radical (unpaired) electrons. The monoisotopic (exact) mass is 480 g/mol. The van der Waals surface area contributed by atoms with Gasteiger partial charge in [0, 0.05) is 21.8 Å². The number of methoxy groups -OCH3 is 1. The quantitative estimate of drug-likeness (QED) is 0.351. The lowest BCUT2D eigenvalue weighted by atomic mass is 10.2. The standard InChI is InChI=1S/C22H20N6O3S2/c1-31-18-10-8-17(9-11-18)24-21(30)15-4-6-16(7-5-15)23-20(29)14-33-22-25-26-27-28(22)13-19-3-2-12-32-19/h2-12H,13-14H2,1H3,(H,23,29)(H,24,30). The Labute approximate surface area is 198 Å². The van der Waals surface area contributed by atoms with Gasteiger partial charge in [-0.15, -0.1) is 16.4 Å². The van der Waals surface area contributed by atoms with E-state index in [4.69, 9.17) is 4.74 Å². The van der Waals surface area contributed by atoms with Crippen LogP contribution in [0.15, 0.2) is 71.2 Å². The number of hydrogen-bond donors (Lipinski definition) is 2. The van der Waals surface area contributed by atoms with Gasteiger partial charge < -0.3 is 15.4 Å². The molecule has 2 amide bonds. The maximum absolute atomic E-state index is 12.4. The summed E-state index contributed by atoms with van der Waals surface area (Å²) in [7, 11) is 1.59. The number of nitrogens with one attached hydrogen (secondary N) is 2. The Morgan fingerprint density at radius 3 is 2.45 bits per heavy atom. The van der Waals surface area contributed by atoms with E-state index in [9.17, 15) is 9.59 Å². The minimum absolute atomic E-state index is 0.157. The second kappa shape index (κ2) is 10.7. The number of thiophene rings is 1. The third-order valence-electron chi connectivity index (χ3n) is 4.50. The summed E-state index contributed by atoms with van der Waals surface area (Å²) in [5.41, 5.74) is 1.74. The SMILES string of the molecule is COc1ccc(NC(=O)c2ccc(NC(=O)CSc3nnnn3Cc3cccs3)cc2)cc1. The summed E-state index contributed by atoms with van der Waals surface area (Å²) in [6, 6.07) is 17.7. The highest BCUT2D eigenvalue weighted by Gasteiger charge is 2.12. The molecule has 2 N–H and O–H groups in total. The molecule has 0 fully saturated rings. The first-order chi connectivity index (χ1) is 16.1. The number of carbonyl (C=O) groups is 2. The van der Waals surface area contributed by atoms with Gasteiger partial charge in [0.05, 0.1) is 19.4 Å². The number of thioether (sulfide) groups is 1. The number of nitrogens with zero attached hydrogens (tertiary/aromatic N) is 4. The van der Waals surface area contributed by atoms with E-state index in [1.165, 1.54) is 11.8 Å². The lowest BCUT2D eigenvalue weighted by Gasteiger charge is -2.08. The van der Waals surface area contributed by atoms with Crippen molar-refractivity contribution in [1.29, 1.82) is 0 Å². The van der Waals surface area contributed by atoms with Crippen molar-refractivity contribution in [3.05, 3.63) is 76.5 Å². The van der Waals surface area contributed by atoms with Gasteiger partial charge in [-0.25, -0.2) is 4.68 Å². The van der Waals surface area contributed by atoms with Gasteiger partial charge in [-0.3, -0.25) is 9.59 Å². The van der Waals surface area contributed by atoms with Crippen LogP contribution >= 0.6 is 23.1 Å². The van der Waals surface area contributed by atoms with Crippen LogP contribution in [0.2, 0.25) is 0 Å². The van der Waals surface area contributed by atoms with Crippen LogP contribution in [0.25, 0.3) is 0 Å². The number of amides is 2. The van der Waals surface area contributed by atoms with Crippen molar-refractivity contribution in [1.82, 2.24) is 20.2 Å². The molecule has 0 saturated carbocycles. The average Bonchev–Trinajstić information content (AvgIpc) is 3.51. The van der Waals surface area contributed by atoms with E-state index in [-0.39, 0.29) is 17.6 Å². The highest BCUT2D eigenvalue weighted by atomic mass is 32.2. The summed E-state index contributed by atoms with van der Waals surface area (Å²) in [4.78, 5) is 25.9. The number of ether oxygens (including phenoxy) is 1. The Kier molecular flexibility index (Phi) is 7.33. The first-order valence-electron chi connectivity index (χ1n) is 9.87. The fourth-order valence-corrected chi connectivity index (χ4v) is 4.22. The van der Waals surface area contributed by atoms with Crippen molar-refractivity contribution in [3.63, 3.8) is 0 Å². The molecule has 0 spiro atoms. The smallest absolute Gasteiger partial charge is 0.255 e. The Balaban J connectivity index is 1.27. The Morgan fingerprint density at radius 2 is 1.76 bits per heavy atom. The summed E-state index contributed by atoms with van der Waals surface area (Å²) in [5.74, 6) is 0.433. The second-order valence-electron chi connectivity index (χ2n) is 6.80. The topological polar surface area (TPSA) is 111 Å². The van der Waals surface area contributed by atoms with Crippen LogP contribution in [0.3, 0.4) is 0 Å². The van der Waals surface area contributed by atoms with Crippen LogP contribution in [0, 0.1) is 0 Å². The average molecular weight is 481 g/mol. The Morgan fingerprint density at radius 1 is 1.03 bits per heavy atom. The number of carbonyl (C=O) groups excluding carboxylic acids is 2. The van der Waals surface area contributed by atoms with E-state index in [1.807, 2.05) is 17.5 Å². The lowest BCUT2D eigenvalue weighted by Crippen LogP contribution is -2.15. The van der Waals surface area contributed by atoms with Gasteiger partial charge in [0.2, 0.25) is 11.1 Å². The van der Waals surface area contributed by atoms with Gasteiger partial charge in [-0.05, 0) is 70.4 Å². The van der Waals surface area contributed by atoms with E-state index >= 15 is 0 Å². The molecule has 0 saturated heterocycles. The second-order valence-corrected chi connectivity index (χ2v) is 8.77. The molecule has 0 aliphatic heterocycles. The molecule has 0 unspecified atom stereocenters. The molecule has 2 aromatic carbocycles. The molecule has 0 aliphatic carbocycles. The van der Waals surface area contributed by atoms with Gasteiger partial charge >= 0.3 is 0 Å². The molecule has 11 heteroatoms. The zero-order chi connectivity index (χ0) is 23.0. The summed E-state index contributed by atoms with van der Waals surface area (Å²) in [5, 5.41) is 19.9. The molecule has 0 atom stereocenters. The zero-order valence-corrected chi connectivity index (χ0v) is 19.2. The van der Waals surface area contributed by atoms with Gasteiger partial charge in [-0.1, -0.05) is 17.8 Å². The molecule has 33 heavy (non-hydrogen) atoms. The first-order valence-corrected chi connectivity index (χ1v) is 11.7. The molecule has 0 bridgehead atoms. The molecule has 0 aliphatic rings. The van der Waals surface area contributed by atoms with Crippen molar-refractivity contribution in [3.8, 4) is 5.75 Å². The number of anilines is 2. The maximum Gasteiger partial charge on any atom is 0.255 e. The van der Waals surface area contributed by atoms with E-state index in [0.717, 1.165) is 4.88 Å². The Bertz CT molecular complexity index is 1210. The number of tetrazole rings is 1. The largest absolute Gasteiger partial charge is 0.497 e. The number of rotatable bonds is 9. The predicted octanol–water partition coefficient (Wildman–Crippen LogP) is 3.77. The van der Waals surface area contributed by atoms with E-state index in [0.29, 0.717) is 34.4 Å². The van der Waals surface area contributed by atoms with Gasteiger partial charge in [0.15, 0.2) is 0 Å². The predicted molar refractivity (Wildman–Crippen MR) is 128 cm³/mol. The van der Waals surface area contributed by atoms with Crippen LogP contribution in [-0.2, 0) is 11.3 Å². The van der Waals surface area contributed by atoms with Gasteiger partial charge in [-0.2, -0.15) is 0 Å². The van der Waals surface area contributed by atoms with Crippen LogP contribution in [0.5, 0.6) is 5.75 Å².